The van der Waals surface area contributed by atoms with Gasteiger partial charge in [0.05, 0.1) is 0 Å². The fourth-order valence-corrected chi connectivity index (χ4v) is 3.40. The number of carbonyl (C=O) groups is 1. The van der Waals surface area contributed by atoms with E-state index < -0.39 is 0 Å². The van der Waals surface area contributed by atoms with Gasteiger partial charge in [0, 0.05) is 18.2 Å². The molecule has 2 N–H and O–H groups in total. The topological polar surface area (TPSA) is 49.3 Å². The van der Waals surface area contributed by atoms with E-state index in [9.17, 15) is 4.79 Å². The van der Waals surface area contributed by atoms with Crippen LogP contribution in [0.5, 0.6) is 0 Å². The molecule has 3 rings (SSSR count). The van der Waals surface area contributed by atoms with E-state index in [0.717, 1.165) is 36.9 Å². The molecule has 2 bridgehead atoms. The number of aryl methyl sites for hydroxylation is 1. The summed E-state index contributed by atoms with van der Waals surface area (Å²) in [5.74, 6) is 1.36. The molecular weight excluding hydrogens is 250 g/mol. The van der Waals surface area contributed by atoms with E-state index in [-0.39, 0.29) is 18.4 Å². The average molecular weight is 271 g/mol. The molecule has 1 aromatic rings. The van der Waals surface area contributed by atoms with Crippen molar-refractivity contribution < 1.29 is 9.90 Å². The molecule has 0 radical (unpaired) electrons. The molecule has 1 saturated carbocycles. The van der Waals surface area contributed by atoms with Gasteiger partial charge in [-0.05, 0) is 55.2 Å². The second kappa shape index (κ2) is 5.80. The van der Waals surface area contributed by atoms with Crippen molar-refractivity contribution in [1.82, 2.24) is 0 Å². The zero-order valence-corrected chi connectivity index (χ0v) is 11.6. The average Bonchev–Trinajstić information content (AvgIpc) is 3.08. The smallest absolute Gasteiger partial charge is 0.228 e. The first-order valence-corrected chi connectivity index (χ1v) is 7.45. The van der Waals surface area contributed by atoms with Crippen molar-refractivity contribution in [2.75, 3.05) is 11.9 Å². The van der Waals surface area contributed by atoms with Gasteiger partial charge in [0.1, 0.15) is 0 Å². The third kappa shape index (κ3) is 2.78. The molecule has 20 heavy (non-hydrogen) atoms. The maximum atomic E-state index is 12.3. The highest BCUT2D eigenvalue weighted by atomic mass is 16.2. The van der Waals surface area contributed by atoms with Crippen molar-refractivity contribution in [3.05, 3.63) is 42.0 Å². The zero-order chi connectivity index (χ0) is 13.9. The Labute approximate surface area is 119 Å². The summed E-state index contributed by atoms with van der Waals surface area (Å²) < 4.78 is 0. The van der Waals surface area contributed by atoms with Crippen LogP contribution in [0.3, 0.4) is 0 Å². The van der Waals surface area contributed by atoms with E-state index in [2.05, 4.69) is 17.5 Å². The number of rotatable bonds is 5. The van der Waals surface area contributed by atoms with Crippen LogP contribution in [0, 0.1) is 17.8 Å². The summed E-state index contributed by atoms with van der Waals surface area (Å²) in [6.45, 7) is 0.202. The molecule has 1 aromatic carbocycles. The fourth-order valence-electron chi connectivity index (χ4n) is 3.40. The van der Waals surface area contributed by atoms with Gasteiger partial charge in [-0.3, -0.25) is 4.79 Å². The predicted octanol–water partition coefficient (Wildman–Crippen LogP) is 2.76. The standard InChI is InChI=1S/C17H21NO2/c19-8-2-4-12-3-1-5-15(10-12)18-17(20)16-11-13-6-7-14(16)9-13/h1,3,5-7,10,13-14,16,19H,2,4,8-9,11H2,(H,18,20). The quantitative estimate of drug-likeness (QED) is 0.809. The van der Waals surface area contributed by atoms with Crippen LogP contribution in [0.1, 0.15) is 24.8 Å². The van der Waals surface area contributed by atoms with Crippen molar-refractivity contribution in [2.24, 2.45) is 17.8 Å². The van der Waals surface area contributed by atoms with E-state index in [1.807, 2.05) is 24.3 Å². The Bertz CT molecular complexity index is 523. The van der Waals surface area contributed by atoms with Crippen LogP contribution >= 0.6 is 0 Å². The van der Waals surface area contributed by atoms with E-state index >= 15 is 0 Å². The third-order valence-electron chi connectivity index (χ3n) is 4.43. The first-order valence-electron chi connectivity index (χ1n) is 7.45. The van der Waals surface area contributed by atoms with Gasteiger partial charge in [0.15, 0.2) is 0 Å². The molecule has 3 unspecified atom stereocenters. The monoisotopic (exact) mass is 271 g/mol. The molecule has 0 aromatic heterocycles. The van der Waals surface area contributed by atoms with Crippen molar-refractivity contribution in [3.63, 3.8) is 0 Å². The summed E-state index contributed by atoms with van der Waals surface area (Å²) in [6.07, 6.45) is 8.21. The molecule has 2 aliphatic rings. The lowest BCUT2D eigenvalue weighted by molar-refractivity contribution is -0.120. The third-order valence-corrected chi connectivity index (χ3v) is 4.43. The number of hydrogen-bond donors (Lipinski definition) is 2. The van der Waals surface area contributed by atoms with Gasteiger partial charge < -0.3 is 10.4 Å². The predicted molar refractivity (Wildman–Crippen MR) is 79.3 cm³/mol. The minimum atomic E-state index is 0.145. The van der Waals surface area contributed by atoms with E-state index in [1.54, 1.807) is 0 Å². The van der Waals surface area contributed by atoms with Crippen molar-refractivity contribution in [2.45, 2.75) is 25.7 Å². The first kappa shape index (κ1) is 13.4. The van der Waals surface area contributed by atoms with Crippen LogP contribution in [0.15, 0.2) is 36.4 Å². The summed E-state index contributed by atoms with van der Waals surface area (Å²) in [4.78, 5) is 12.3. The minimum Gasteiger partial charge on any atom is -0.396 e. The maximum absolute atomic E-state index is 12.3. The molecule has 0 aliphatic heterocycles. The fraction of sp³-hybridized carbons (Fsp3) is 0.471. The summed E-state index contributed by atoms with van der Waals surface area (Å²) in [7, 11) is 0. The largest absolute Gasteiger partial charge is 0.396 e. The first-order chi connectivity index (χ1) is 9.76. The number of allylic oxidation sites excluding steroid dienone is 2. The second-order valence-corrected chi connectivity index (χ2v) is 5.90. The highest BCUT2D eigenvalue weighted by molar-refractivity contribution is 5.93. The van der Waals surface area contributed by atoms with Gasteiger partial charge in [-0.15, -0.1) is 0 Å². The van der Waals surface area contributed by atoms with Crippen LogP contribution in [-0.4, -0.2) is 17.6 Å². The SMILES string of the molecule is O=C(Nc1cccc(CCCO)c1)C1CC2C=CC1C2. The minimum absolute atomic E-state index is 0.145. The normalized spacial score (nSPS) is 26.9. The molecule has 1 amide bonds. The van der Waals surface area contributed by atoms with E-state index in [0.29, 0.717) is 11.8 Å². The maximum Gasteiger partial charge on any atom is 0.228 e. The van der Waals surface area contributed by atoms with Gasteiger partial charge >= 0.3 is 0 Å². The van der Waals surface area contributed by atoms with Gasteiger partial charge in [0.2, 0.25) is 5.91 Å². The van der Waals surface area contributed by atoms with Crippen LogP contribution in [0.2, 0.25) is 0 Å². The number of aliphatic hydroxyl groups excluding tert-OH is 1. The highest BCUT2D eigenvalue weighted by Gasteiger charge is 2.39. The summed E-state index contributed by atoms with van der Waals surface area (Å²) in [5.41, 5.74) is 2.03. The lowest BCUT2D eigenvalue weighted by Crippen LogP contribution is -2.25. The molecular formula is C17H21NO2. The summed E-state index contributed by atoms with van der Waals surface area (Å²) >= 11 is 0. The number of nitrogens with one attached hydrogen (secondary N) is 1. The van der Waals surface area contributed by atoms with Crippen LogP contribution in [0.25, 0.3) is 0 Å². The Morgan fingerprint density at radius 3 is 2.90 bits per heavy atom. The number of anilines is 1. The molecule has 3 atom stereocenters. The summed E-state index contributed by atoms with van der Waals surface area (Å²) in [6, 6.07) is 7.94. The Hall–Kier alpha value is -1.61. The number of fused-ring (bicyclic) bond motifs is 2. The Morgan fingerprint density at radius 1 is 1.30 bits per heavy atom. The molecule has 106 valence electrons. The molecule has 2 aliphatic carbocycles. The zero-order valence-electron chi connectivity index (χ0n) is 11.6. The van der Waals surface area contributed by atoms with Crippen molar-refractivity contribution in [3.8, 4) is 0 Å². The molecule has 1 fully saturated rings. The van der Waals surface area contributed by atoms with Gasteiger partial charge in [-0.25, -0.2) is 0 Å². The Morgan fingerprint density at radius 2 is 2.20 bits per heavy atom. The Kier molecular flexibility index (Phi) is 3.88. The van der Waals surface area contributed by atoms with Crippen molar-refractivity contribution in [1.29, 1.82) is 0 Å². The summed E-state index contributed by atoms with van der Waals surface area (Å²) in [5, 5.41) is 11.9. The van der Waals surface area contributed by atoms with Gasteiger partial charge in [-0.2, -0.15) is 0 Å². The van der Waals surface area contributed by atoms with Crippen LogP contribution < -0.4 is 5.32 Å². The van der Waals surface area contributed by atoms with Gasteiger partial charge in [-0.1, -0.05) is 24.3 Å². The number of aliphatic hydroxyl groups is 1. The van der Waals surface area contributed by atoms with Gasteiger partial charge in [0.25, 0.3) is 0 Å². The number of benzene rings is 1. The lowest BCUT2D eigenvalue weighted by Gasteiger charge is -2.17. The van der Waals surface area contributed by atoms with Crippen LogP contribution in [-0.2, 0) is 11.2 Å². The Balaban J connectivity index is 1.62. The number of hydrogen-bond acceptors (Lipinski definition) is 2. The molecule has 0 heterocycles. The van der Waals surface area contributed by atoms with Crippen LogP contribution in [0.4, 0.5) is 5.69 Å². The lowest BCUT2D eigenvalue weighted by atomic mass is 9.92. The molecule has 0 spiro atoms. The van der Waals surface area contributed by atoms with E-state index in [4.69, 9.17) is 5.11 Å². The van der Waals surface area contributed by atoms with Crippen molar-refractivity contribution >= 4 is 11.6 Å². The molecule has 0 saturated heterocycles. The molecule has 3 heteroatoms. The van der Waals surface area contributed by atoms with E-state index in [1.165, 1.54) is 0 Å². The number of carbonyl (C=O) groups excluding carboxylic acids is 1. The highest BCUT2D eigenvalue weighted by Crippen LogP contribution is 2.43. The molecule has 3 nitrogen and oxygen atoms in total. The second-order valence-electron chi connectivity index (χ2n) is 5.90. The number of amides is 1.